The van der Waals surface area contributed by atoms with Crippen LogP contribution >= 0.6 is 23.4 Å². The Bertz CT molecular complexity index is 390. The summed E-state index contributed by atoms with van der Waals surface area (Å²) < 4.78 is 9.73. The monoisotopic (exact) mass is 276 g/mol. The lowest BCUT2D eigenvalue weighted by atomic mass is 10.6. The van der Waals surface area contributed by atoms with Crippen molar-refractivity contribution in [2.75, 3.05) is 19.5 Å². The highest BCUT2D eigenvalue weighted by Gasteiger charge is 2.07. The van der Waals surface area contributed by atoms with Crippen LogP contribution in [0.25, 0.3) is 0 Å². The van der Waals surface area contributed by atoms with E-state index in [1.165, 1.54) is 18.9 Å². The van der Waals surface area contributed by atoms with Crippen molar-refractivity contribution < 1.29 is 14.3 Å². The fourth-order valence-corrected chi connectivity index (χ4v) is 1.98. The van der Waals surface area contributed by atoms with Gasteiger partial charge in [0.2, 0.25) is 0 Å². The normalized spacial score (nSPS) is 10.3. The number of carbonyl (C=O) groups is 1. The first-order valence-corrected chi connectivity index (χ1v) is 6.33. The Morgan fingerprint density at radius 1 is 1.53 bits per heavy atom. The van der Waals surface area contributed by atoms with E-state index >= 15 is 0 Å². The van der Waals surface area contributed by atoms with Crippen LogP contribution in [0.1, 0.15) is 12.7 Å². The van der Waals surface area contributed by atoms with Crippen LogP contribution in [0.2, 0.25) is 5.15 Å². The van der Waals surface area contributed by atoms with Crippen LogP contribution in [0, 0.1) is 0 Å². The first kappa shape index (κ1) is 14.2. The lowest BCUT2D eigenvalue weighted by Gasteiger charge is -2.04. The quantitative estimate of drug-likeness (QED) is 0.449. The Balaban J connectivity index is 2.65. The van der Waals surface area contributed by atoms with E-state index in [0.29, 0.717) is 29.2 Å². The predicted octanol–water partition coefficient (Wildman–Crippen LogP) is 1.93. The minimum Gasteiger partial charge on any atom is -0.468 e. The molecule has 5 nitrogen and oxygen atoms in total. The fraction of sp³-hybridized carbons (Fsp3) is 0.500. The molecule has 1 heterocycles. The molecule has 0 N–H and O–H groups in total. The van der Waals surface area contributed by atoms with Gasteiger partial charge in [0.1, 0.15) is 16.8 Å². The van der Waals surface area contributed by atoms with Gasteiger partial charge in [0, 0.05) is 12.7 Å². The average molecular weight is 277 g/mol. The maximum Gasteiger partial charge on any atom is 0.316 e. The number of hydrogen-bond acceptors (Lipinski definition) is 6. The molecule has 0 saturated carbocycles. The van der Waals surface area contributed by atoms with Crippen molar-refractivity contribution in [2.45, 2.75) is 18.6 Å². The summed E-state index contributed by atoms with van der Waals surface area (Å²) in [6.45, 7) is 2.78. The van der Waals surface area contributed by atoms with Gasteiger partial charge in [-0.05, 0) is 6.92 Å². The molecule has 0 saturated heterocycles. The van der Waals surface area contributed by atoms with E-state index in [1.807, 2.05) is 6.92 Å². The zero-order valence-corrected chi connectivity index (χ0v) is 11.2. The highest BCUT2D eigenvalue weighted by molar-refractivity contribution is 7.99. The van der Waals surface area contributed by atoms with Crippen LogP contribution in [0.3, 0.4) is 0 Å². The molecule has 7 heteroatoms. The second-order valence-electron chi connectivity index (χ2n) is 2.95. The molecule has 0 unspecified atom stereocenters. The minimum atomic E-state index is -0.309. The number of nitrogens with zero attached hydrogens (tertiary/aromatic N) is 2. The van der Waals surface area contributed by atoms with E-state index in [9.17, 15) is 4.79 Å². The van der Waals surface area contributed by atoms with Crippen LogP contribution in [0.4, 0.5) is 0 Å². The molecule has 17 heavy (non-hydrogen) atoms. The van der Waals surface area contributed by atoms with Crippen LogP contribution in [-0.2, 0) is 20.9 Å². The van der Waals surface area contributed by atoms with Crippen LogP contribution < -0.4 is 0 Å². The molecule has 0 aliphatic heterocycles. The lowest BCUT2D eigenvalue weighted by Crippen LogP contribution is -2.05. The molecule has 0 aromatic carbocycles. The second-order valence-corrected chi connectivity index (χ2v) is 4.33. The maximum atomic E-state index is 11.0. The molecule has 0 radical (unpaired) electrons. The van der Waals surface area contributed by atoms with Crippen molar-refractivity contribution in [1.29, 1.82) is 0 Å². The zero-order valence-electron chi connectivity index (χ0n) is 9.60. The van der Waals surface area contributed by atoms with Gasteiger partial charge in [0.15, 0.2) is 5.82 Å². The largest absolute Gasteiger partial charge is 0.468 e. The van der Waals surface area contributed by atoms with E-state index in [-0.39, 0.29) is 11.7 Å². The smallest absolute Gasteiger partial charge is 0.316 e. The van der Waals surface area contributed by atoms with Crippen molar-refractivity contribution in [3.05, 3.63) is 17.0 Å². The molecule has 0 fully saturated rings. The summed E-state index contributed by atoms with van der Waals surface area (Å²) in [7, 11) is 1.34. The van der Waals surface area contributed by atoms with E-state index < -0.39 is 0 Å². The fourth-order valence-electron chi connectivity index (χ4n) is 0.966. The molecule has 94 valence electrons. The molecule has 1 aromatic rings. The molecule has 0 aliphatic rings. The summed E-state index contributed by atoms with van der Waals surface area (Å²) in [6, 6.07) is 1.60. The Morgan fingerprint density at radius 3 is 2.94 bits per heavy atom. The highest BCUT2D eigenvalue weighted by atomic mass is 35.5. The first-order valence-electron chi connectivity index (χ1n) is 4.96. The van der Waals surface area contributed by atoms with Gasteiger partial charge >= 0.3 is 5.97 Å². The van der Waals surface area contributed by atoms with Crippen LogP contribution in [0.5, 0.6) is 0 Å². The van der Waals surface area contributed by atoms with Crippen molar-refractivity contribution in [1.82, 2.24) is 9.97 Å². The van der Waals surface area contributed by atoms with Crippen LogP contribution in [-0.4, -0.2) is 35.4 Å². The number of ether oxygens (including phenoxy) is 2. The first-order chi connectivity index (χ1) is 8.15. The topological polar surface area (TPSA) is 61.3 Å². The highest BCUT2D eigenvalue weighted by Crippen LogP contribution is 2.19. The van der Waals surface area contributed by atoms with Gasteiger partial charge in [0.25, 0.3) is 0 Å². The van der Waals surface area contributed by atoms with E-state index in [1.54, 1.807) is 6.07 Å². The summed E-state index contributed by atoms with van der Waals surface area (Å²) in [4.78, 5) is 19.2. The Morgan fingerprint density at radius 2 is 2.29 bits per heavy atom. The number of rotatable bonds is 6. The average Bonchev–Trinajstić information content (AvgIpc) is 2.32. The van der Waals surface area contributed by atoms with E-state index in [2.05, 4.69) is 14.7 Å². The molecular formula is C10H13ClN2O3S. The van der Waals surface area contributed by atoms with Crippen LogP contribution in [0.15, 0.2) is 11.1 Å². The molecule has 0 atom stereocenters. The summed E-state index contributed by atoms with van der Waals surface area (Å²) in [5, 5.41) is 0.965. The van der Waals surface area contributed by atoms with Gasteiger partial charge in [0.05, 0.1) is 12.9 Å². The number of esters is 1. The summed E-state index contributed by atoms with van der Waals surface area (Å²) in [6.07, 6.45) is 0. The van der Waals surface area contributed by atoms with Gasteiger partial charge in [-0.3, -0.25) is 4.79 Å². The van der Waals surface area contributed by atoms with Crippen molar-refractivity contribution in [3.8, 4) is 0 Å². The van der Waals surface area contributed by atoms with Gasteiger partial charge in [-0.2, -0.15) is 0 Å². The zero-order chi connectivity index (χ0) is 12.7. The molecule has 0 aliphatic carbocycles. The molecular weight excluding hydrogens is 264 g/mol. The van der Waals surface area contributed by atoms with Gasteiger partial charge < -0.3 is 9.47 Å². The van der Waals surface area contributed by atoms with E-state index in [4.69, 9.17) is 16.3 Å². The minimum absolute atomic E-state index is 0.192. The standard InChI is InChI=1S/C10H13ClN2O3S/c1-3-16-5-8-12-7(11)4-9(13-8)17-6-10(14)15-2/h4H,3,5-6H2,1-2H3. The van der Waals surface area contributed by atoms with E-state index in [0.717, 1.165) is 0 Å². The van der Waals surface area contributed by atoms with Crippen molar-refractivity contribution in [2.24, 2.45) is 0 Å². The second kappa shape index (κ2) is 7.47. The summed E-state index contributed by atoms with van der Waals surface area (Å²) >= 11 is 7.09. The molecule has 1 rings (SSSR count). The van der Waals surface area contributed by atoms with Crippen molar-refractivity contribution in [3.63, 3.8) is 0 Å². The molecule has 0 spiro atoms. The Labute approximate surface area is 109 Å². The number of hydrogen-bond donors (Lipinski definition) is 0. The summed E-state index contributed by atoms with van der Waals surface area (Å²) in [5.74, 6) is 0.389. The Hall–Kier alpha value is -0.850. The summed E-state index contributed by atoms with van der Waals surface area (Å²) in [5.41, 5.74) is 0. The number of carbonyl (C=O) groups excluding carboxylic acids is 1. The third-order valence-electron chi connectivity index (χ3n) is 1.72. The maximum absolute atomic E-state index is 11.0. The van der Waals surface area contributed by atoms with Crippen molar-refractivity contribution >= 4 is 29.3 Å². The third-order valence-corrected chi connectivity index (χ3v) is 2.80. The van der Waals surface area contributed by atoms with Gasteiger partial charge in [-0.15, -0.1) is 0 Å². The molecule has 0 bridgehead atoms. The number of halogens is 1. The third kappa shape index (κ3) is 5.34. The lowest BCUT2D eigenvalue weighted by molar-refractivity contribution is -0.137. The van der Waals surface area contributed by atoms with Gasteiger partial charge in [-0.25, -0.2) is 9.97 Å². The molecule has 1 aromatic heterocycles. The Kier molecular flexibility index (Phi) is 6.25. The van der Waals surface area contributed by atoms with Gasteiger partial charge in [-0.1, -0.05) is 23.4 Å². The molecule has 0 amide bonds. The number of aromatic nitrogens is 2. The predicted molar refractivity (Wildman–Crippen MR) is 65.1 cm³/mol. The number of methoxy groups -OCH3 is 1. The SMILES string of the molecule is CCOCc1nc(Cl)cc(SCC(=O)OC)n1. The number of thioether (sulfide) groups is 1.